The Morgan fingerprint density at radius 3 is 2.23 bits per heavy atom. The molecule has 0 aliphatic heterocycles. The molecule has 7 nitrogen and oxygen atoms in total. The highest BCUT2D eigenvalue weighted by Gasteiger charge is 2.25. The summed E-state index contributed by atoms with van der Waals surface area (Å²) in [5, 5.41) is 0.606. The van der Waals surface area contributed by atoms with E-state index >= 15 is 0 Å². The number of hydrogen-bond donors (Lipinski definition) is 2. The first kappa shape index (κ1) is 19.7. The largest absolute Gasteiger partial charge is 0.492 e. The number of fused-ring (bicyclic) bond motifs is 1. The molecule has 3 aromatic carbocycles. The number of sulfonamides is 1. The van der Waals surface area contributed by atoms with E-state index < -0.39 is 15.9 Å². The number of rotatable bonds is 6. The smallest absolute Gasteiger partial charge is 0.305 e. The molecule has 8 heteroatoms. The Hall–Kier alpha value is -3.62. The number of carbonyl (C=O) groups is 1. The highest BCUT2D eigenvalue weighted by Crippen LogP contribution is 2.38. The molecule has 0 saturated heterocycles. The zero-order chi connectivity index (χ0) is 21.1. The van der Waals surface area contributed by atoms with Crippen molar-refractivity contribution in [3.63, 3.8) is 0 Å². The zero-order valence-electron chi connectivity index (χ0n) is 16.0. The molecule has 0 atom stereocenters. The molecule has 1 heterocycles. The minimum atomic E-state index is -3.93. The van der Waals surface area contributed by atoms with Gasteiger partial charge in [-0.25, -0.2) is 8.42 Å². The maximum atomic E-state index is 12.7. The maximum Gasteiger partial charge on any atom is 0.305 e. The van der Waals surface area contributed by atoms with E-state index in [1.807, 2.05) is 42.5 Å². The van der Waals surface area contributed by atoms with Gasteiger partial charge in [-0.15, -0.1) is 4.83 Å². The molecule has 0 spiro atoms. The van der Waals surface area contributed by atoms with Gasteiger partial charge in [-0.3, -0.25) is 10.2 Å². The molecule has 4 aromatic rings. The summed E-state index contributed by atoms with van der Waals surface area (Å²) in [6, 6.07) is 22.8. The van der Waals surface area contributed by atoms with Gasteiger partial charge < -0.3 is 9.15 Å². The highest BCUT2D eigenvalue weighted by atomic mass is 32.2. The molecule has 0 saturated carbocycles. The molecule has 2 N–H and O–H groups in total. The van der Waals surface area contributed by atoms with Crippen LogP contribution >= 0.6 is 0 Å². The SMILES string of the molecule is COc1c(C(=O)NNS(=O)(=O)c2ccccc2)oc2c(-c3ccccc3)cccc12. The van der Waals surface area contributed by atoms with Crippen LogP contribution in [-0.2, 0) is 10.0 Å². The lowest BCUT2D eigenvalue weighted by atomic mass is 10.0. The second-order valence-corrected chi connectivity index (χ2v) is 8.07. The van der Waals surface area contributed by atoms with Crippen molar-refractivity contribution in [3.8, 4) is 16.9 Å². The predicted octanol–water partition coefficient (Wildman–Crippen LogP) is 3.73. The lowest BCUT2D eigenvalue weighted by molar-refractivity contribution is 0.0915. The molecule has 30 heavy (non-hydrogen) atoms. The zero-order valence-corrected chi connectivity index (χ0v) is 16.8. The van der Waals surface area contributed by atoms with Gasteiger partial charge in [-0.05, 0) is 23.8 Å². The van der Waals surface area contributed by atoms with Crippen molar-refractivity contribution in [1.29, 1.82) is 0 Å². The standard InChI is InChI=1S/C22H18N2O5S/c1-28-20-18-14-8-13-17(15-9-4-2-5-10-15)19(18)29-21(20)22(25)23-24-30(26,27)16-11-6-3-7-12-16/h2-14,24H,1H3,(H,23,25). The van der Waals surface area contributed by atoms with Crippen LogP contribution in [0.2, 0.25) is 0 Å². The van der Waals surface area contributed by atoms with Crippen LogP contribution in [0.3, 0.4) is 0 Å². The second kappa shape index (κ2) is 8.02. The number of ether oxygens (including phenoxy) is 1. The number of carbonyl (C=O) groups excluding carboxylic acids is 1. The highest BCUT2D eigenvalue weighted by molar-refractivity contribution is 7.89. The first-order valence-corrected chi connectivity index (χ1v) is 10.5. The molecule has 152 valence electrons. The summed E-state index contributed by atoms with van der Waals surface area (Å²) in [4.78, 5) is 14.8. The van der Waals surface area contributed by atoms with Crippen LogP contribution in [0.1, 0.15) is 10.6 Å². The van der Waals surface area contributed by atoms with Crippen molar-refractivity contribution >= 4 is 26.9 Å². The fourth-order valence-corrected chi connectivity index (χ4v) is 3.98. The van der Waals surface area contributed by atoms with Crippen molar-refractivity contribution in [3.05, 3.63) is 84.6 Å². The molecule has 0 bridgehead atoms. The van der Waals surface area contributed by atoms with E-state index in [0.717, 1.165) is 11.1 Å². The van der Waals surface area contributed by atoms with E-state index in [-0.39, 0.29) is 16.4 Å². The van der Waals surface area contributed by atoms with E-state index in [2.05, 4.69) is 10.3 Å². The third kappa shape index (κ3) is 3.66. The van der Waals surface area contributed by atoms with Gasteiger partial charge in [0.05, 0.1) is 17.4 Å². The van der Waals surface area contributed by atoms with Crippen LogP contribution in [0.25, 0.3) is 22.1 Å². The number of hydrogen-bond acceptors (Lipinski definition) is 5. The quantitative estimate of drug-likeness (QED) is 0.462. The van der Waals surface area contributed by atoms with Crippen molar-refractivity contribution < 1.29 is 22.4 Å². The van der Waals surface area contributed by atoms with E-state index in [9.17, 15) is 13.2 Å². The number of furan rings is 1. The summed E-state index contributed by atoms with van der Waals surface area (Å²) in [5.41, 5.74) is 4.35. The number of benzene rings is 3. The Kier molecular flexibility index (Phi) is 5.26. The van der Waals surface area contributed by atoms with Crippen molar-refractivity contribution in [2.75, 3.05) is 7.11 Å². The average Bonchev–Trinajstić information content (AvgIpc) is 3.17. The summed E-state index contributed by atoms with van der Waals surface area (Å²) < 4.78 is 35.9. The molecular weight excluding hydrogens is 404 g/mol. The third-order valence-electron chi connectivity index (χ3n) is 4.52. The summed E-state index contributed by atoms with van der Waals surface area (Å²) in [6.45, 7) is 0. The van der Waals surface area contributed by atoms with Gasteiger partial charge in [0.1, 0.15) is 5.58 Å². The van der Waals surface area contributed by atoms with E-state index in [4.69, 9.17) is 9.15 Å². The first-order chi connectivity index (χ1) is 14.5. The molecular formula is C22H18N2O5S. The summed E-state index contributed by atoms with van der Waals surface area (Å²) in [6.07, 6.45) is 0. The van der Waals surface area contributed by atoms with E-state index in [1.54, 1.807) is 24.3 Å². The molecule has 0 fully saturated rings. The Morgan fingerprint density at radius 1 is 0.900 bits per heavy atom. The van der Waals surface area contributed by atoms with Gasteiger partial charge in [0.2, 0.25) is 5.76 Å². The second-order valence-electron chi connectivity index (χ2n) is 6.39. The van der Waals surface area contributed by atoms with Crippen molar-refractivity contribution in [2.45, 2.75) is 4.90 Å². The topological polar surface area (TPSA) is 97.6 Å². The minimum Gasteiger partial charge on any atom is -0.492 e. The maximum absolute atomic E-state index is 12.7. The number of nitrogens with one attached hydrogen (secondary N) is 2. The molecule has 0 unspecified atom stereocenters. The van der Waals surface area contributed by atoms with Crippen LogP contribution < -0.4 is 15.0 Å². The van der Waals surface area contributed by atoms with Gasteiger partial charge >= 0.3 is 5.91 Å². The fraction of sp³-hybridized carbons (Fsp3) is 0.0455. The first-order valence-electron chi connectivity index (χ1n) is 9.03. The number of methoxy groups -OCH3 is 1. The van der Waals surface area contributed by atoms with Crippen LogP contribution in [-0.4, -0.2) is 21.4 Å². The van der Waals surface area contributed by atoms with Gasteiger partial charge in [0, 0.05) is 5.56 Å². The van der Waals surface area contributed by atoms with Gasteiger partial charge in [-0.2, -0.15) is 0 Å². The van der Waals surface area contributed by atoms with E-state index in [1.165, 1.54) is 19.2 Å². The van der Waals surface area contributed by atoms with Crippen LogP contribution in [0.5, 0.6) is 5.75 Å². The average molecular weight is 422 g/mol. The summed E-state index contributed by atoms with van der Waals surface area (Å²) in [5.74, 6) is -0.688. The lowest BCUT2D eigenvalue weighted by Crippen LogP contribution is -2.41. The lowest BCUT2D eigenvalue weighted by Gasteiger charge is -2.07. The number of para-hydroxylation sites is 1. The number of amides is 1. The Labute approximate surface area is 173 Å². The Balaban J connectivity index is 1.68. The molecule has 0 aliphatic carbocycles. The summed E-state index contributed by atoms with van der Waals surface area (Å²) >= 11 is 0. The minimum absolute atomic E-state index is 0.0215. The number of hydrazine groups is 1. The van der Waals surface area contributed by atoms with Crippen LogP contribution in [0.15, 0.2) is 88.2 Å². The Bertz CT molecular complexity index is 1300. The van der Waals surface area contributed by atoms with Crippen LogP contribution in [0.4, 0.5) is 0 Å². The monoisotopic (exact) mass is 422 g/mol. The van der Waals surface area contributed by atoms with Gasteiger partial charge in [0.25, 0.3) is 10.0 Å². The van der Waals surface area contributed by atoms with Crippen LogP contribution in [0, 0.1) is 0 Å². The molecule has 1 amide bonds. The third-order valence-corrected chi connectivity index (χ3v) is 5.78. The normalized spacial score (nSPS) is 11.4. The van der Waals surface area contributed by atoms with Crippen molar-refractivity contribution in [1.82, 2.24) is 10.3 Å². The molecule has 4 rings (SSSR count). The molecule has 1 aromatic heterocycles. The fourth-order valence-electron chi connectivity index (χ4n) is 3.12. The molecule has 0 radical (unpaired) electrons. The van der Waals surface area contributed by atoms with Gasteiger partial charge in [-0.1, -0.05) is 60.7 Å². The van der Waals surface area contributed by atoms with Crippen molar-refractivity contribution in [2.24, 2.45) is 0 Å². The van der Waals surface area contributed by atoms with Gasteiger partial charge in [0.15, 0.2) is 5.75 Å². The Morgan fingerprint density at radius 2 is 1.57 bits per heavy atom. The predicted molar refractivity (Wildman–Crippen MR) is 112 cm³/mol. The van der Waals surface area contributed by atoms with E-state index in [0.29, 0.717) is 11.0 Å². The molecule has 0 aliphatic rings. The summed E-state index contributed by atoms with van der Waals surface area (Å²) in [7, 11) is -2.51.